The highest BCUT2D eigenvalue weighted by Gasteiger charge is 2.38. The Morgan fingerprint density at radius 3 is 3.00 bits per heavy atom. The van der Waals surface area contributed by atoms with Gasteiger partial charge in [0.05, 0.1) is 13.2 Å². The number of rotatable bonds is 5. The van der Waals surface area contributed by atoms with Crippen molar-refractivity contribution in [2.45, 2.75) is 31.6 Å². The Kier molecular flexibility index (Phi) is 4.39. The predicted molar refractivity (Wildman–Crippen MR) is 69.6 cm³/mol. The van der Waals surface area contributed by atoms with Gasteiger partial charge in [-0.25, -0.2) is 4.39 Å². The average Bonchev–Trinajstić information content (AvgIpc) is 2.72. The zero-order valence-electron chi connectivity index (χ0n) is 11.3. The molecular weight excluding hydrogens is 249 g/mol. The molecule has 0 saturated carbocycles. The molecule has 4 nitrogen and oxygen atoms in total. The molecule has 0 spiro atoms. The molecule has 0 radical (unpaired) electrons. The lowest BCUT2D eigenvalue weighted by Crippen LogP contribution is -2.45. The van der Waals surface area contributed by atoms with Gasteiger partial charge in [-0.05, 0) is 13.0 Å². The van der Waals surface area contributed by atoms with Crippen molar-refractivity contribution >= 4 is 0 Å². The summed E-state index contributed by atoms with van der Waals surface area (Å²) in [6.45, 7) is 3.14. The predicted octanol–water partition coefficient (Wildman–Crippen LogP) is 1.46. The maximum absolute atomic E-state index is 13.9. The van der Waals surface area contributed by atoms with E-state index in [1.54, 1.807) is 18.2 Å². The Labute approximate surface area is 112 Å². The monoisotopic (exact) mass is 269 g/mol. The molecule has 0 bridgehead atoms. The van der Waals surface area contributed by atoms with Gasteiger partial charge in [0.25, 0.3) is 0 Å². The van der Waals surface area contributed by atoms with Crippen molar-refractivity contribution < 1.29 is 19.0 Å². The van der Waals surface area contributed by atoms with E-state index in [0.29, 0.717) is 31.7 Å². The van der Waals surface area contributed by atoms with E-state index in [1.165, 1.54) is 7.11 Å². The molecule has 1 saturated heterocycles. The summed E-state index contributed by atoms with van der Waals surface area (Å²) in [7, 11) is 1.44. The summed E-state index contributed by atoms with van der Waals surface area (Å²) in [4.78, 5) is 0. The number of halogens is 1. The largest absolute Gasteiger partial charge is 0.494 e. The molecule has 0 aromatic heterocycles. The van der Waals surface area contributed by atoms with Crippen LogP contribution in [0.1, 0.15) is 18.9 Å². The molecule has 106 valence electrons. The summed E-state index contributed by atoms with van der Waals surface area (Å²) < 4.78 is 24.2. The maximum atomic E-state index is 13.9. The third-order valence-corrected chi connectivity index (χ3v) is 3.67. The van der Waals surface area contributed by atoms with Crippen LogP contribution in [-0.4, -0.2) is 37.1 Å². The summed E-state index contributed by atoms with van der Waals surface area (Å²) in [5.41, 5.74) is -0.343. The lowest BCUT2D eigenvalue weighted by molar-refractivity contribution is -0.0263. The van der Waals surface area contributed by atoms with Crippen LogP contribution in [0.5, 0.6) is 5.75 Å². The van der Waals surface area contributed by atoms with Crippen LogP contribution in [0.25, 0.3) is 0 Å². The second kappa shape index (κ2) is 5.86. The van der Waals surface area contributed by atoms with E-state index in [9.17, 15) is 9.50 Å². The average molecular weight is 269 g/mol. The number of hydrogen-bond donors (Lipinski definition) is 2. The minimum atomic E-state index is -0.866. The SMILES string of the molecule is COc1cccc(CNCC2(O)CCOC2C)c1F. The first kappa shape index (κ1) is 14.2. The van der Waals surface area contributed by atoms with E-state index in [0.717, 1.165) is 0 Å². The number of aliphatic hydroxyl groups is 1. The van der Waals surface area contributed by atoms with E-state index >= 15 is 0 Å². The van der Waals surface area contributed by atoms with Crippen LogP contribution in [0.15, 0.2) is 18.2 Å². The highest BCUT2D eigenvalue weighted by atomic mass is 19.1. The summed E-state index contributed by atoms with van der Waals surface area (Å²) in [5.74, 6) is -0.129. The van der Waals surface area contributed by atoms with Crippen LogP contribution in [-0.2, 0) is 11.3 Å². The molecule has 1 aromatic rings. The van der Waals surface area contributed by atoms with E-state index in [2.05, 4.69) is 5.32 Å². The van der Waals surface area contributed by atoms with E-state index in [1.807, 2.05) is 6.92 Å². The normalized spacial score (nSPS) is 26.6. The molecule has 2 atom stereocenters. The summed E-state index contributed by atoms with van der Waals surface area (Å²) >= 11 is 0. The summed E-state index contributed by atoms with van der Waals surface area (Å²) in [6.07, 6.45) is 0.400. The zero-order chi connectivity index (χ0) is 13.9. The van der Waals surface area contributed by atoms with Crippen molar-refractivity contribution in [1.82, 2.24) is 5.32 Å². The van der Waals surface area contributed by atoms with E-state index in [-0.39, 0.29) is 17.7 Å². The smallest absolute Gasteiger partial charge is 0.169 e. The molecule has 5 heteroatoms. The fourth-order valence-corrected chi connectivity index (χ4v) is 2.27. The van der Waals surface area contributed by atoms with E-state index < -0.39 is 5.60 Å². The Bertz CT molecular complexity index is 441. The van der Waals surface area contributed by atoms with Crippen molar-refractivity contribution in [3.63, 3.8) is 0 Å². The lowest BCUT2D eigenvalue weighted by Gasteiger charge is -2.26. The number of ether oxygens (including phenoxy) is 2. The van der Waals surface area contributed by atoms with Crippen LogP contribution in [0.4, 0.5) is 4.39 Å². The molecule has 0 amide bonds. The summed E-state index contributed by atoms with van der Waals surface area (Å²) in [5, 5.41) is 13.4. The van der Waals surface area contributed by atoms with Crippen molar-refractivity contribution in [1.29, 1.82) is 0 Å². The van der Waals surface area contributed by atoms with Gasteiger partial charge < -0.3 is 19.9 Å². The standard InChI is InChI=1S/C14H20FNO3/c1-10-14(17,6-7-19-10)9-16-8-11-4-3-5-12(18-2)13(11)15/h3-5,10,16-17H,6-9H2,1-2H3. The molecule has 1 fully saturated rings. The maximum Gasteiger partial charge on any atom is 0.169 e. The van der Waals surface area contributed by atoms with Crippen molar-refractivity contribution in [2.24, 2.45) is 0 Å². The van der Waals surface area contributed by atoms with Gasteiger partial charge >= 0.3 is 0 Å². The molecule has 1 heterocycles. The first-order valence-electron chi connectivity index (χ1n) is 6.43. The van der Waals surface area contributed by atoms with Gasteiger partial charge in [-0.3, -0.25) is 0 Å². The third-order valence-electron chi connectivity index (χ3n) is 3.67. The highest BCUT2D eigenvalue weighted by molar-refractivity contribution is 5.30. The molecule has 1 aliphatic rings. The topological polar surface area (TPSA) is 50.7 Å². The fourth-order valence-electron chi connectivity index (χ4n) is 2.27. The minimum absolute atomic E-state index is 0.199. The Morgan fingerprint density at radius 2 is 2.37 bits per heavy atom. The molecule has 2 N–H and O–H groups in total. The van der Waals surface area contributed by atoms with Crippen LogP contribution in [0.2, 0.25) is 0 Å². The van der Waals surface area contributed by atoms with Crippen LogP contribution >= 0.6 is 0 Å². The van der Waals surface area contributed by atoms with Crippen molar-refractivity contribution in [3.05, 3.63) is 29.6 Å². The van der Waals surface area contributed by atoms with Gasteiger partial charge in [0, 0.05) is 31.7 Å². The van der Waals surface area contributed by atoms with Crippen LogP contribution < -0.4 is 10.1 Å². The van der Waals surface area contributed by atoms with Gasteiger partial charge in [0.1, 0.15) is 5.60 Å². The molecule has 2 unspecified atom stereocenters. The van der Waals surface area contributed by atoms with Crippen molar-refractivity contribution in [2.75, 3.05) is 20.3 Å². The minimum Gasteiger partial charge on any atom is -0.494 e. The fraction of sp³-hybridized carbons (Fsp3) is 0.571. The number of hydrogen-bond acceptors (Lipinski definition) is 4. The zero-order valence-corrected chi connectivity index (χ0v) is 11.3. The highest BCUT2D eigenvalue weighted by Crippen LogP contribution is 2.25. The lowest BCUT2D eigenvalue weighted by atomic mass is 9.96. The Balaban J connectivity index is 1.93. The van der Waals surface area contributed by atoms with Crippen molar-refractivity contribution in [3.8, 4) is 5.75 Å². The quantitative estimate of drug-likeness (QED) is 0.850. The van der Waals surface area contributed by atoms with Gasteiger partial charge in [-0.1, -0.05) is 12.1 Å². The molecule has 19 heavy (non-hydrogen) atoms. The van der Waals surface area contributed by atoms with E-state index in [4.69, 9.17) is 9.47 Å². The second-order valence-electron chi connectivity index (χ2n) is 4.90. The summed E-state index contributed by atoms with van der Waals surface area (Å²) in [6, 6.07) is 5.03. The van der Waals surface area contributed by atoms with Gasteiger partial charge in [-0.15, -0.1) is 0 Å². The van der Waals surface area contributed by atoms with Gasteiger partial charge in [0.15, 0.2) is 11.6 Å². The van der Waals surface area contributed by atoms with Gasteiger partial charge in [0.2, 0.25) is 0 Å². The van der Waals surface area contributed by atoms with Crippen LogP contribution in [0, 0.1) is 5.82 Å². The molecule has 1 aromatic carbocycles. The molecule has 0 aliphatic carbocycles. The molecule has 1 aliphatic heterocycles. The van der Waals surface area contributed by atoms with Crippen LogP contribution in [0.3, 0.4) is 0 Å². The Morgan fingerprint density at radius 1 is 1.58 bits per heavy atom. The number of benzene rings is 1. The molecular formula is C14H20FNO3. The third kappa shape index (κ3) is 3.05. The number of methoxy groups -OCH3 is 1. The first-order chi connectivity index (χ1) is 9.07. The van der Waals surface area contributed by atoms with Gasteiger partial charge in [-0.2, -0.15) is 0 Å². The first-order valence-corrected chi connectivity index (χ1v) is 6.43. The molecule has 2 rings (SSSR count). The second-order valence-corrected chi connectivity index (χ2v) is 4.90. The number of nitrogens with one attached hydrogen (secondary N) is 1. The Hall–Kier alpha value is -1.17.